The zero-order valence-electron chi connectivity index (χ0n) is 18.7. The second-order valence-corrected chi connectivity index (χ2v) is 8.25. The van der Waals surface area contributed by atoms with Crippen LogP contribution in [0.5, 0.6) is 0 Å². The van der Waals surface area contributed by atoms with Crippen molar-refractivity contribution in [3.63, 3.8) is 0 Å². The van der Waals surface area contributed by atoms with Gasteiger partial charge in [-0.1, -0.05) is 41.4 Å². The Bertz CT molecular complexity index is 1060. The molecule has 0 bridgehead atoms. The van der Waals surface area contributed by atoms with E-state index in [0.29, 0.717) is 12.1 Å². The van der Waals surface area contributed by atoms with Gasteiger partial charge >= 0.3 is 5.97 Å². The van der Waals surface area contributed by atoms with Crippen LogP contribution in [0.15, 0.2) is 59.1 Å². The topological polar surface area (TPSA) is 64.4 Å². The first-order valence-corrected chi connectivity index (χ1v) is 11.7. The second-order valence-electron chi connectivity index (χ2n) is 7.34. The van der Waals surface area contributed by atoms with Crippen LogP contribution in [0, 0.1) is 0 Å². The van der Waals surface area contributed by atoms with Gasteiger partial charge in [-0.25, -0.2) is 9.48 Å². The number of esters is 1. The van der Waals surface area contributed by atoms with E-state index in [0.717, 1.165) is 40.8 Å². The molecule has 168 valence electrons. The van der Waals surface area contributed by atoms with E-state index in [1.807, 2.05) is 60.4 Å². The summed E-state index contributed by atoms with van der Waals surface area (Å²) in [4.78, 5) is 27.0. The molecule has 1 aromatic heterocycles. The molecular weight excluding hydrogens is 470 g/mol. The van der Waals surface area contributed by atoms with Crippen LogP contribution in [-0.2, 0) is 4.74 Å². The third-order valence-corrected chi connectivity index (χ3v) is 5.67. The van der Waals surface area contributed by atoms with Gasteiger partial charge < -0.3 is 9.64 Å². The van der Waals surface area contributed by atoms with Crippen LogP contribution in [0.3, 0.4) is 0 Å². The van der Waals surface area contributed by atoms with E-state index < -0.39 is 5.97 Å². The molecule has 0 spiro atoms. The summed E-state index contributed by atoms with van der Waals surface area (Å²) in [7, 11) is 0. The van der Waals surface area contributed by atoms with Gasteiger partial charge in [-0.15, -0.1) is 0 Å². The monoisotopic (exact) mass is 497 g/mol. The molecule has 1 heterocycles. The van der Waals surface area contributed by atoms with Crippen LogP contribution in [-0.4, -0.2) is 46.3 Å². The maximum atomic E-state index is 12.9. The highest BCUT2D eigenvalue weighted by atomic mass is 79.9. The minimum absolute atomic E-state index is 0.0216. The largest absolute Gasteiger partial charge is 0.461 e. The molecule has 2 aromatic carbocycles. The van der Waals surface area contributed by atoms with Crippen molar-refractivity contribution in [1.82, 2.24) is 14.7 Å². The van der Waals surface area contributed by atoms with Gasteiger partial charge in [-0.05, 0) is 62.7 Å². The van der Waals surface area contributed by atoms with Crippen LogP contribution >= 0.6 is 15.9 Å². The van der Waals surface area contributed by atoms with Crippen LogP contribution in [0.25, 0.3) is 16.9 Å². The van der Waals surface area contributed by atoms with Gasteiger partial charge in [0.1, 0.15) is 0 Å². The molecule has 0 aliphatic carbocycles. The summed E-state index contributed by atoms with van der Waals surface area (Å²) in [6.45, 7) is 7.58. The summed E-state index contributed by atoms with van der Waals surface area (Å²) in [5, 5.41) is 4.50. The Morgan fingerprint density at radius 3 is 2.31 bits per heavy atom. The molecule has 0 saturated heterocycles. The van der Waals surface area contributed by atoms with E-state index in [9.17, 15) is 9.59 Å². The fourth-order valence-corrected chi connectivity index (χ4v) is 3.65. The molecule has 7 heteroatoms. The Hall–Kier alpha value is -2.93. The van der Waals surface area contributed by atoms with Gasteiger partial charge in [0.25, 0.3) is 5.91 Å². The maximum absolute atomic E-state index is 12.9. The number of carbonyl (C=O) groups is 2. The fourth-order valence-electron chi connectivity index (χ4n) is 3.39. The quantitative estimate of drug-likeness (QED) is 0.353. The molecule has 6 nitrogen and oxygen atoms in total. The number of hydrogen-bond acceptors (Lipinski definition) is 4. The smallest absolute Gasteiger partial charge is 0.358 e. The highest BCUT2D eigenvalue weighted by Gasteiger charge is 2.19. The number of amides is 1. The lowest BCUT2D eigenvalue weighted by atomic mass is 10.1. The zero-order chi connectivity index (χ0) is 23.1. The molecule has 3 aromatic rings. The third kappa shape index (κ3) is 5.46. The lowest BCUT2D eigenvalue weighted by Crippen LogP contribution is -2.31. The SMILES string of the molecule is CCCCN(CC)C(=O)c1ccc(-n2nc(C(=O)OCC)cc2-c2ccc(Br)cc2)cc1. The average Bonchev–Trinajstić information content (AvgIpc) is 3.26. The van der Waals surface area contributed by atoms with Gasteiger partial charge in [0, 0.05) is 28.7 Å². The van der Waals surface area contributed by atoms with Crippen molar-refractivity contribution in [3.8, 4) is 16.9 Å². The minimum Gasteiger partial charge on any atom is -0.461 e. The summed E-state index contributed by atoms with van der Waals surface area (Å²) in [6.07, 6.45) is 2.03. The van der Waals surface area contributed by atoms with Crippen molar-refractivity contribution in [2.45, 2.75) is 33.6 Å². The van der Waals surface area contributed by atoms with E-state index in [4.69, 9.17) is 4.74 Å². The highest BCUT2D eigenvalue weighted by molar-refractivity contribution is 9.10. The predicted molar refractivity (Wildman–Crippen MR) is 129 cm³/mol. The Morgan fingerprint density at radius 1 is 1.03 bits per heavy atom. The van der Waals surface area contributed by atoms with E-state index in [1.165, 1.54) is 0 Å². The lowest BCUT2D eigenvalue weighted by molar-refractivity contribution is 0.0518. The van der Waals surface area contributed by atoms with Gasteiger partial charge in [-0.2, -0.15) is 5.10 Å². The Kier molecular flexibility index (Phi) is 8.22. The summed E-state index contributed by atoms with van der Waals surface area (Å²) in [6, 6.07) is 16.8. The molecule has 0 fully saturated rings. The third-order valence-electron chi connectivity index (χ3n) is 5.14. The Balaban J connectivity index is 1.96. The van der Waals surface area contributed by atoms with Crippen molar-refractivity contribution >= 4 is 27.8 Å². The Labute approximate surface area is 197 Å². The predicted octanol–water partition coefficient (Wildman–Crippen LogP) is 5.74. The number of nitrogens with zero attached hydrogens (tertiary/aromatic N) is 3. The molecule has 0 unspecified atom stereocenters. The highest BCUT2D eigenvalue weighted by Crippen LogP contribution is 2.26. The van der Waals surface area contributed by atoms with Crippen molar-refractivity contribution in [1.29, 1.82) is 0 Å². The first-order valence-electron chi connectivity index (χ1n) is 10.9. The molecule has 0 N–H and O–H groups in total. The first-order chi connectivity index (χ1) is 15.5. The van der Waals surface area contributed by atoms with Crippen molar-refractivity contribution in [3.05, 3.63) is 70.3 Å². The fraction of sp³-hybridized carbons (Fsp3) is 0.320. The van der Waals surface area contributed by atoms with Crippen molar-refractivity contribution in [2.24, 2.45) is 0 Å². The van der Waals surface area contributed by atoms with Gasteiger partial charge in [-0.3, -0.25) is 4.79 Å². The van der Waals surface area contributed by atoms with E-state index >= 15 is 0 Å². The molecule has 0 aliphatic heterocycles. The summed E-state index contributed by atoms with van der Waals surface area (Å²) in [5.41, 5.74) is 3.30. The molecule has 0 radical (unpaired) electrons. The van der Waals surface area contributed by atoms with E-state index in [1.54, 1.807) is 17.7 Å². The minimum atomic E-state index is -0.467. The molecule has 0 saturated carbocycles. The van der Waals surface area contributed by atoms with Crippen molar-refractivity contribution in [2.75, 3.05) is 19.7 Å². The normalized spacial score (nSPS) is 10.8. The van der Waals surface area contributed by atoms with Crippen LogP contribution in [0.2, 0.25) is 0 Å². The van der Waals surface area contributed by atoms with E-state index in [-0.39, 0.29) is 18.2 Å². The molecular formula is C25H28BrN3O3. The zero-order valence-corrected chi connectivity index (χ0v) is 20.3. The van der Waals surface area contributed by atoms with Crippen molar-refractivity contribution < 1.29 is 14.3 Å². The summed E-state index contributed by atoms with van der Waals surface area (Å²) in [5.74, 6) is -0.445. The number of carbonyl (C=O) groups excluding carboxylic acids is 2. The summed E-state index contributed by atoms with van der Waals surface area (Å²) < 4.78 is 7.81. The standard InChI is InChI=1S/C25H28BrN3O3/c1-4-7-16-28(5-2)24(30)19-10-14-21(15-11-19)29-23(18-8-12-20(26)13-9-18)17-22(27-29)25(31)32-6-3/h8-15,17H,4-7,16H2,1-3H3. The molecule has 32 heavy (non-hydrogen) atoms. The molecule has 0 aliphatic rings. The number of hydrogen-bond donors (Lipinski definition) is 0. The number of rotatable bonds is 9. The number of unbranched alkanes of at least 4 members (excludes halogenated alkanes) is 1. The maximum Gasteiger partial charge on any atom is 0.358 e. The average molecular weight is 498 g/mol. The van der Waals surface area contributed by atoms with Gasteiger partial charge in [0.15, 0.2) is 5.69 Å². The number of benzene rings is 2. The van der Waals surface area contributed by atoms with Crippen LogP contribution < -0.4 is 0 Å². The second kappa shape index (κ2) is 11.1. The first kappa shape index (κ1) is 23.7. The molecule has 3 rings (SSSR count). The number of halogens is 1. The molecule has 0 atom stereocenters. The van der Waals surface area contributed by atoms with Gasteiger partial charge in [0.2, 0.25) is 0 Å². The van der Waals surface area contributed by atoms with E-state index in [2.05, 4.69) is 28.0 Å². The lowest BCUT2D eigenvalue weighted by Gasteiger charge is -2.20. The van der Waals surface area contributed by atoms with Crippen LogP contribution in [0.1, 0.15) is 54.5 Å². The van der Waals surface area contributed by atoms with Gasteiger partial charge in [0.05, 0.1) is 18.0 Å². The number of ether oxygens (including phenoxy) is 1. The number of aromatic nitrogens is 2. The molecule has 1 amide bonds. The van der Waals surface area contributed by atoms with Crippen LogP contribution in [0.4, 0.5) is 0 Å². The Morgan fingerprint density at radius 2 is 1.72 bits per heavy atom. The summed E-state index contributed by atoms with van der Waals surface area (Å²) >= 11 is 3.45.